The lowest BCUT2D eigenvalue weighted by atomic mass is 10.4. The normalized spacial score (nSPS) is 11.2. The fraction of sp³-hybridized carbons (Fsp3) is 0.231. The van der Waals surface area contributed by atoms with E-state index in [1.807, 2.05) is 0 Å². The van der Waals surface area contributed by atoms with Crippen LogP contribution in [0.15, 0.2) is 47.8 Å². The van der Waals surface area contributed by atoms with Gasteiger partial charge in [-0.25, -0.2) is 18.4 Å². The molecular formula is C13H14ClN3O2S. The second kappa shape index (κ2) is 6.67. The van der Waals surface area contributed by atoms with Crippen LogP contribution < -0.4 is 5.32 Å². The minimum absolute atomic E-state index is 0.0761. The summed E-state index contributed by atoms with van der Waals surface area (Å²) in [4.78, 5) is 8.09. The van der Waals surface area contributed by atoms with Crippen molar-refractivity contribution >= 4 is 27.3 Å². The minimum atomic E-state index is -3.23. The van der Waals surface area contributed by atoms with Crippen LogP contribution in [0.25, 0.3) is 0 Å². The molecule has 0 aliphatic carbocycles. The molecule has 0 amide bonds. The van der Waals surface area contributed by atoms with Crippen molar-refractivity contribution in [2.75, 3.05) is 17.6 Å². The first kappa shape index (κ1) is 14.7. The van der Waals surface area contributed by atoms with Crippen molar-refractivity contribution in [1.82, 2.24) is 9.97 Å². The van der Waals surface area contributed by atoms with Crippen molar-refractivity contribution in [2.45, 2.75) is 11.3 Å². The van der Waals surface area contributed by atoms with Crippen molar-refractivity contribution < 1.29 is 8.42 Å². The van der Waals surface area contributed by atoms with Gasteiger partial charge in [0.25, 0.3) is 0 Å². The first-order valence-electron chi connectivity index (χ1n) is 6.07. The van der Waals surface area contributed by atoms with E-state index >= 15 is 0 Å². The van der Waals surface area contributed by atoms with Gasteiger partial charge in [0.05, 0.1) is 16.8 Å². The van der Waals surface area contributed by atoms with Crippen LogP contribution in [0.5, 0.6) is 0 Å². The lowest BCUT2D eigenvalue weighted by molar-refractivity contribution is 0.594. The number of sulfone groups is 1. The van der Waals surface area contributed by atoms with Gasteiger partial charge >= 0.3 is 0 Å². The largest absolute Gasteiger partial charge is 0.369 e. The van der Waals surface area contributed by atoms with Crippen LogP contribution in [0, 0.1) is 0 Å². The zero-order valence-corrected chi connectivity index (χ0v) is 12.2. The maximum Gasteiger partial charge on any atom is 0.178 e. The highest BCUT2D eigenvalue weighted by atomic mass is 35.5. The smallest absolute Gasteiger partial charge is 0.178 e. The molecule has 2 aromatic rings. The Morgan fingerprint density at radius 2 is 1.95 bits per heavy atom. The molecule has 0 fully saturated rings. The summed E-state index contributed by atoms with van der Waals surface area (Å²) in [5, 5.41) is 3.40. The van der Waals surface area contributed by atoms with Gasteiger partial charge in [-0.15, -0.1) is 0 Å². The maximum atomic E-state index is 12.0. The molecule has 0 saturated heterocycles. The van der Waals surface area contributed by atoms with Crippen LogP contribution in [-0.4, -0.2) is 30.7 Å². The predicted octanol–water partition coefficient (Wildman–Crippen LogP) is 2.41. The third kappa shape index (κ3) is 3.91. The van der Waals surface area contributed by atoms with Gasteiger partial charge < -0.3 is 5.32 Å². The van der Waals surface area contributed by atoms with Gasteiger partial charge in [0.2, 0.25) is 0 Å². The zero-order valence-electron chi connectivity index (χ0n) is 10.7. The van der Waals surface area contributed by atoms with Crippen LogP contribution in [0.1, 0.15) is 6.42 Å². The zero-order chi connectivity index (χ0) is 14.4. The van der Waals surface area contributed by atoms with Crippen LogP contribution in [-0.2, 0) is 9.84 Å². The first-order valence-corrected chi connectivity index (χ1v) is 8.10. The van der Waals surface area contributed by atoms with Crippen molar-refractivity contribution in [2.24, 2.45) is 0 Å². The summed E-state index contributed by atoms with van der Waals surface area (Å²) in [5.74, 6) is 0.589. The molecule has 0 spiro atoms. The van der Waals surface area contributed by atoms with E-state index in [4.69, 9.17) is 11.6 Å². The Balaban J connectivity index is 1.86. The van der Waals surface area contributed by atoms with E-state index in [0.717, 1.165) is 0 Å². The Morgan fingerprint density at radius 1 is 1.20 bits per heavy atom. The molecule has 0 radical (unpaired) electrons. The Labute approximate surface area is 123 Å². The molecule has 1 heterocycles. The van der Waals surface area contributed by atoms with E-state index in [-0.39, 0.29) is 5.75 Å². The standard InChI is InChI=1S/C13H14ClN3O2S/c14-12-9-15-10-17-13(12)16-7-4-8-20(18,19)11-5-2-1-3-6-11/h1-3,5-6,9-10H,4,7-8H2,(H,15,16,17). The van der Waals surface area contributed by atoms with Crippen LogP contribution >= 0.6 is 11.6 Å². The molecule has 0 atom stereocenters. The average molecular weight is 312 g/mol. The SMILES string of the molecule is O=S(=O)(CCCNc1ncncc1Cl)c1ccccc1. The van der Waals surface area contributed by atoms with Gasteiger partial charge in [0, 0.05) is 6.54 Å². The van der Waals surface area contributed by atoms with Crippen molar-refractivity contribution in [3.05, 3.63) is 47.9 Å². The molecule has 1 aromatic carbocycles. The Morgan fingerprint density at radius 3 is 2.65 bits per heavy atom. The highest BCUT2D eigenvalue weighted by Crippen LogP contribution is 2.16. The Bertz CT molecular complexity index is 662. The highest BCUT2D eigenvalue weighted by Gasteiger charge is 2.13. The summed E-state index contributed by atoms with van der Waals surface area (Å²) in [6.45, 7) is 0.475. The molecule has 0 unspecified atom stereocenters. The molecule has 0 saturated carbocycles. The molecular weight excluding hydrogens is 298 g/mol. The number of aromatic nitrogens is 2. The summed E-state index contributed by atoms with van der Waals surface area (Å²) in [5.41, 5.74) is 0. The molecule has 7 heteroatoms. The summed E-state index contributed by atoms with van der Waals surface area (Å²) >= 11 is 5.88. The third-order valence-electron chi connectivity index (χ3n) is 2.65. The number of anilines is 1. The lowest BCUT2D eigenvalue weighted by Gasteiger charge is -2.07. The van der Waals surface area contributed by atoms with E-state index in [9.17, 15) is 8.42 Å². The van der Waals surface area contributed by atoms with E-state index < -0.39 is 9.84 Å². The monoisotopic (exact) mass is 311 g/mol. The van der Waals surface area contributed by atoms with E-state index in [1.165, 1.54) is 12.5 Å². The van der Waals surface area contributed by atoms with Gasteiger partial charge in [-0.3, -0.25) is 0 Å². The van der Waals surface area contributed by atoms with Gasteiger partial charge in [0.15, 0.2) is 9.84 Å². The van der Waals surface area contributed by atoms with Crippen LogP contribution in [0.2, 0.25) is 5.02 Å². The number of hydrogen-bond acceptors (Lipinski definition) is 5. The van der Waals surface area contributed by atoms with E-state index in [1.54, 1.807) is 30.3 Å². The fourth-order valence-electron chi connectivity index (χ4n) is 1.66. The molecule has 0 aliphatic heterocycles. The van der Waals surface area contributed by atoms with Crippen molar-refractivity contribution in [1.29, 1.82) is 0 Å². The second-order valence-electron chi connectivity index (χ2n) is 4.13. The van der Waals surface area contributed by atoms with E-state index in [0.29, 0.717) is 28.7 Å². The average Bonchev–Trinajstić information content (AvgIpc) is 2.46. The van der Waals surface area contributed by atoms with Crippen molar-refractivity contribution in [3.63, 3.8) is 0 Å². The van der Waals surface area contributed by atoms with Gasteiger partial charge in [-0.2, -0.15) is 0 Å². The Kier molecular flexibility index (Phi) is 4.92. The molecule has 5 nitrogen and oxygen atoms in total. The maximum absolute atomic E-state index is 12.0. The number of nitrogens with one attached hydrogen (secondary N) is 1. The van der Waals surface area contributed by atoms with Gasteiger partial charge in [-0.05, 0) is 18.6 Å². The number of nitrogens with zero attached hydrogens (tertiary/aromatic N) is 2. The molecule has 1 aromatic heterocycles. The molecule has 20 heavy (non-hydrogen) atoms. The quantitative estimate of drug-likeness (QED) is 0.829. The summed E-state index contributed by atoms with van der Waals surface area (Å²) < 4.78 is 24.1. The van der Waals surface area contributed by atoms with Crippen LogP contribution in [0.3, 0.4) is 0 Å². The topological polar surface area (TPSA) is 72.0 Å². The van der Waals surface area contributed by atoms with Crippen LogP contribution in [0.4, 0.5) is 5.82 Å². The first-order chi connectivity index (χ1) is 9.59. The minimum Gasteiger partial charge on any atom is -0.369 e. The fourth-order valence-corrected chi connectivity index (χ4v) is 3.16. The number of hydrogen-bond donors (Lipinski definition) is 1. The third-order valence-corrected chi connectivity index (χ3v) is 4.75. The Hall–Kier alpha value is -1.66. The number of halogens is 1. The number of benzene rings is 1. The molecule has 0 aliphatic rings. The summed E-state index contributed by atoms with van der Waals surface area (Å²) in [6, 6.07) is 8.42. The van der Waals surface area contributed by atoms with E-state index in [2.05, 4.69) is 15.3 Å². The second-order valence-corrected chi connectivity index (χ2v) is 6.65. The molecule has 0 bridgehead atoms. The predicted molar refractivity (Wildman–Crippen MR) is 78.6 cm³/mol. The highest BCUT2D eigenvalue weighted by molar-refractivity contribution is 7.91. The lowest BCUT2D eigenvalue weighted by Crippen LogP contribution is -2.12. The van der Waals surface area contributed by atoms with Crippen molar-refractivity contribution in [3.8, 4) is 0 Å². The summed E-state index contributed by atoms with van der Waals surface area (Å²) in [6.07, 6.45) is 3.34. The van der Waals surface area contributed by atoms with Gasteiger partial charge in [-0.1, -0.05) is 29.8 Å². The number of rotatable bonds is 6. The summed E-state index contributed by atoms with van der Waals surface area (Å²) in [7, 11) is -3.23. The molecule has 2 rings (SSSR count). The van der Waals surface area contributed by atoms with Gasteiger partial charge in [0.1, 0.15) is 17.2 Å². The molecule has 1 N–H and O–H groups in total. The molecule has 106 valence electrons.